The van der Waals surface area contributed by atoms with Crippen LogP contribution in [0.4, 0.5) is 43.9 Å². The Labute approximate surface area is 493 Å². The first-order chi connectivity index (χ1) is 39.4. The summed E-state index contributed by atoms with van der Waals surface area (Å²) in [4.78, 5) is 0. The van der Waals surface area contributed by atoms with Gasteiger partial charge in [-0.2, -0.15) is 43.9 Å². The SMILES string of the molecule is CC1CCC2C(C)(C)C2(Oc2ccc(Oc3ccc(C(F)(F)C(F)(F)C(F)(F)C(F)(F)C(F)(F)c4ccc(Oc5ccc(OC67CC(C)CCC6C7(C)C)c(OC67CC(C)CCC6C7(C)C)c5)cc4)cc3)cc2OC23CC(C)CCC2C3(C)C)C1. The Bertz CT molecular complexity index is 3020. The van der Waals surface area contributed by atoms with Crippen molar-refractivity contribution in [1.29, 1.82) is 0 Å². The van der Waals surface area contributed by atoms with E-state index in [4.69, 9.17) is 28.4 Å². The Kier molecular flexibility index (Phi) is 13.5. The molecule has 0 bridgehead atoms. The minimum Gasteiger partial charge on any atom is -0.482 e. The van der Waals surface area contributed by atoms with Crippen LogP contribution in [0.15, 0.2) is 84.9 Å². The van der Waals surface area contributed by atoms with Gasteiger partial charge >= 0.3 is 29.6 Å². The molecule has 0 spiro atoms. The smallest absolute Gasteiger partial charge is 0.385 e. The van der Waals surface area contributed by atoms with E-state index in [-0.39, 0.29) is 56.5 Å². The molecule has 0 amide bonds. The van der Waals surface area contributed by atoms with Gasteiger partial charge in [-0.15, -0.1) is 0 Å². The van der Waals surface area contributed by atoms with E-state index in [1.807, 2.05) is 0 Å². The molecule has 0 aliphatic heterocycles. The van der Waals surface area contributed by atoms with E-state index in [1.54, 1.807) is 36.4 Å². The number of alkyl halides is 10. The van der Waals surface area contributed by atoms with Crippen LogP contribution in [0.2, 0.25) is 0 Å². The number of fused-ring (bicyclic) bond motifs is 4. The van der Waals surface area contributed by atoms with Gasteiger partial charge in [-0.05, 0) is 148 Å². The third-order valence-electron chi connectivity index (χ3n) is 23.6. The molecule has 4 aromatic carbocycles. The number of hydrogen-bond donors (Lipinski definition) is 0. The molecular formula is C69H82F10O6. The third-order valence-corrected chi connectivity index (χ3v) is 23.6. The Morgan fingerprint density at radius 3 is 0.835 bits per heavy atom. The molecular weight excluding hydrogens is 1110 g/mol. The van der Waals surface area contributed by atoms with E-state index in [1.165, 1.54) is 0 Å². The predicted octanol–water partition coefficient (Wildman–Crippen LogP) is 20.4. The number of halogens is 10. The number of benzene rings is 4. The summed E-state index contributed by atoms with van der Waals surface area (Å²) in [7, 11) is 0. The Morgan fingerprint density at radius 1 is 0.318 bits per heavy atom. The molecule has 12 rings (SSSR count). The van der Waals surface area contributed by atoms with E-state index in [2.05, 4.69) is 83.1 Å². The second-order valence-corrected chi connectivity index (χ2v) is 30.0. The molecule has 0 aromatic heterocycles. The maximum absolute atomic E-state index is 15.9. The summed E-state index contributed by atoms with van der Waals surface area (Å²) in [5, 5.41) is 0. The van der Waals surface area contributed by atoms with Crippen LogP contribution in [0.3, 0.4) is 0 Å². The maximum Gasteiger partial charge on any atom is 0.385 e. The molecule has 8 fully saturated rings. The van der Waals surface area contributed by atoms with Crippen LogP contribution in [-0.4, -0.2) is 40.2 Å². The first-order valence-corrected chi connectivity index (χ1v) is 30.9. The fraction of sp³-hybridized carbons (Fsp3) is 0.652. The molecule has 464 valence electrons. The molecule has 12 atom stereocenters. The Balaban J connectivity index is 0.755. The van der Waals surface area contributed by atoms with Crippen LogP contribution in [0.1, 0.15) is 171 Å². The molecule has 4 aromatic rings. The zero-order valence-electron chi connectivity index (χ0n) is 50.9. The lowest BCUT2D eigenvalue weighted by atomic mass is 9.88. The Hall–Kier alpha value is -5.02. The topological polar surface area (TPSA) is 55.4 Å². The van der Waals surface area contributed by atoms with Crippen LogP contribution in [0, 0.1) is 69.0 Å². The lowest BCUT2D eigenvalue weighted by Gasteiger charge is -2.39. The molecule has 12 unspecified atom stereocenters. The van der Waals surface area contributed by atoms with Crippen LogP contribution in [0.25, 0.3) is 0 Å². The minimum atomic E-state index is -7.33. The normalized spacial score (nSPS) is 34.7. The van der Waals surface area contributed by atoms with Crippen molar-refractivity contribution < 1.29 is 72.3 Å². The average Bonchev–Trinajstić information content (AvgIpc) is 1.62. The molecule has 85 heavy (non-hydrogen) atoms. The van der Waals surface area contributed by atoms with Crippen LogP contribution in [-0.2, 0) is 11.8 Å². The molecule has 8 saturated carbocycles. The monoisotopic (exact) mass is 1200 g/mol. The lowest BCUT2D eigenvalue weighted by molar-refractivity contribution is -0.407. The zero-order valence-corrected chi connectivity index (χ0v) is 50.9. The standard InChI is InChI=1S/C69H82F10O6/c1-39-13-29-53-57(5,6)61(53,35-39)82-49-27-25-47(33-51(49)84-63-37-41(3)15-31-55(63)59(63,9)10)80-45-21-17-43(18-22-45)65(70,71)67(74,75)69(78,79)68(76,77)66(72,73)44-19-23-46(24-20-44)81-48-26-28-50(83-62-36-40(2)14-30-54(62)58(62,7)8)52(34-48)85-64-38-42(4)16-32-56(64)60(64,11)12/h17-28,33-34,39-42,53-56H,13-16,29-32,35-38H2,1-12H3. The van der Waals surface area contributed by atoms with Gasteiger partial charge in [-0.25, -0.2) is 0 Å². The van der Waals surface area contributed by atoms with Crippen molar-refractivity contribution in [2.75, 3.05) is 0 Å². The minimum absolute atomic E-state index is 0.100. The van der Waals surface area contributed by atoms with Crippen molar-refractivity contribution in [3.05, 3.63) is 96.1 Å². The summed E-state index contributed by atoms with van der Waals surface area (Å²) >= 11 is 0. The molecule has 0 saturated heterocycles. The van der Waals surface area contributed by atoms with Crippen molar-refractivity contribution in [3.8, 4) is 46.0 Å². The van der Waals surface area contributed by atoms with E-state index < -0.39 is 63.1 Å². The first kappa shape index (κ1) is 60.3. The number of hydrogen-bond acceptors (Lipinski definition) is 6. The van der Waals surface area contributed by atoms with Gasteiger partial charge in [0.15, 0.2) is 23.0 Å². The van der Waals surface area contributed by atoms with Crippen molar-refractivity contribution in [3.63, 3.8) is 0 Å². The fourth-order valence-corrected chi connectivity index (χ4v) is 17.9. The molecule has 0 radical (unpaired) electrons. The highest BCUT2D eigenvalue weighted by Gasteiger charge is 2.87. The third kappa shape index (κ3) is 8.62. The van der Waals surface area contributed by atoms with Gasteiger partial charge in [0.1, 0.15) is 45.4 Å². The van der Waals surface area contributed by atoms with Crippen molar-refractivity contribution in [2.45, 2.75) is 212 Å². The second kappa shape index (κ2) is 19.0. The Morgan fingerprint density at radius 2 is 0.565 bits per heavy atom. The van der Waals surface area contributed by atoms with Crippen molar-refractivity contribution in [2.24, 2.45) is 69.0 Å². The van der Waals surface area contributed by atoms with Gasteiger partial charge in [-0.3, -0.25) is 0 Å². The highest BCUT2D eigenvalue weighted by molar-refractivity contribution is 5.52. The molecule has 8 aliphatic carbocycles. The number of ether oxygens (including phenoxy) is 6. The average molecular weight is 1200 g/mol. The molecule has 0 heterocycles. The van der Waals surface area contributed by atoms with Crippen molar-refractivity contribution in [1.82, 2.24) is 0 Å². The molecule has 8 aliphatic rings. The highest BCUT2D eigenvalue weighted by atomic mass is 19.4. The van der Waals surface area contributed by atoms with Gasteiger partial charge in [0.05, 0.1) is 0 Å². The van der Waals surface area contributed by atoms with Gasteiger partial charge in [-0.1, -0.05) is 109 Å². The summed E-state index contributed by atoms with van der Waals surface area (Å²) in [6.07, 6.45) is 11.6. The van der Waals surface area contributed by atoms with E-state index >= 15 is 43.9 Å². The van der Waals surface area contributed by atoms with Gasteiger partial charge in [0.2, 0.25) is 0 Å². The lowest BCUT2D eigenvalue weighted by Crippen LogP contribution is -2.65. The van der Waals surface area contributed by atoms with Crippen LogP contribution in [0.5, 0.6) is 46.0 Å². The highest BCUT2D eigenvalue weighted by Crippen LogP contribution is 2.75. The van der Waals surface area contributed by atoms with E-state index in [0.29, 0.717) is 82.8 Å². The fourth-order valence-electron chi connectivity index (χ4n) is 17.9. The summed E-state index contributed by atoms with van der Waals surface area (Å²) in [5.74, 6) is -29.1. The van der Waals surface area contributed by atoms with Gasteiger partial charge < -0.3 is 28.4 Å². The molecule has 16 heteroatoms. The zero-order chi connectivity index (χ0) is 61.5. The summed E-state index contributed by atoms with van der Waals surface area (Å²) in [6, 6.07) is 14.1. The number of rotatable bonds is 18. The molecule has 6 nitrogen and oxygen atoms in total. The van der Waals surface area contributed by atoms with Crippen LogP contribution >= 0.6 is 0 Å². The van der Waals surface area contributed by atoms with E-state index in [0.717, 1.165) is 101 Å². The first-order valence-electron chi connectivity index (χ1n) is 30.9. The van der Waals surface area contributed by atoms with Gasteiger partial charge in [0, 0.05) is 68.6 Å². The largest absolute Gasteiger partial charge is 0.482 e. The summed E-state index contributed by atoms with van der Waals surface area (Å²) in [5.41, 5.74) is -6.06. The van der Waals surface area contributed by atoms with Gasteiger partial charge in [0.25, 0.3) is 0 Å². The molecule has 0 N–H and O–H groups in total. The van der Waals surface area contributed by atoms with Crippen LogP contribution < -0.4 is 28.4 Å². The van der Waals surface area contributed by atoms with E-state index in [9.17, 15) is 0 Å². The second-order valence-electron chi connectivity index (χ2n) is 30.0. The summed E-state index contributed by atoms with van der Waals surface area (Å²) < 4.78 is 198. The summed E-state index contributed by atoms with van der Waals surface area (Å²) in [6.45, 7) is 26.3. The predicted molar refractivity (Wildman–Crippen MR) is 303 cm³/mol. The quantitative estimate of drug-likeness (QED) is 0.0926. The van der Waals surface area contributed by atoms with Crippen molar-refractivity contribution >= 4 is 0 Å². The maximum atomic E-state index is 15.9.